The maximum Gasteiger partial charge on any atom is 0.280 e. The first-order valence-corrected chi connectivity index (χ1v) is 17.5. The van der Waals surface area contributed by atoms with Crippen LogP contribution in [0.2, 0.25) is 0 Å². The van der Waals surface area contributed by atoms with E-state index in [0.717, 1.165) is 57.8 Å². The van der Waals surface area contributed by atoms with Crippen LogP contribution in [0.25, 0.3) is 22.5 Å². The zero-order valence-corrected chi connectivity index (χ0v) is 29.1. The molecule has 2 N–H and O–H groups in total. The standard InChI is InChI=1S/C38H44N8O4/c1-5-26-20-43(28-22-50-23-28)10-11-44(26)27-6-7-34(40-18-27)41-31-14-25(19-42(4)36(31)48)29-8-9-39-35(30(29)21-47)46-13-12-45-32(37(46)49)15-24-16-38(2,3)17-33(24)45/h6-9,12-15,18-19,26,28,47H,5,10-11,16-17,20-23H2,1-4H3,(H,40,41)/t26-/m0/s1. The zero-order valence-electron chi connectivity index (χ0n) is 29.1. The van der Waals surface area contributed by atoms with Gasteiger partial charge in [0, 0.05) is 74.3 Å². The second-order valence-corrected chi connectivity index (χ2v) is 14.7. The molecule has 12 heteroatoms. The molecule has 0 radical (unpaired) electrons. The van der Waals surface area contributed by atoms with Crippen LogP contribution in [0.4, 0.5) is 17.2 Å². The monoisotopic (exact) mass is 676 g/mol. The fourth-order valence-corrected chi connectivity index (χ4v) is 7.99. The summed E-state index contributed by atoms with van der Waals surface area (Å²) in [4.78, 5) is 41.4. The van der Waals surface area contributed by atoms with E-state index in [1.165, 1.54) is 20.4 Å². The number of nitrogens with one attached hydrogen (secondary N) is 1. The van der Waals surface area contributed by atoms with E-state index in [0.29, 0.717) is 51.6 Å². The summed E-state index contributed by atoms with van der Waals surface area (Å²) >= 11 is 0. The maximum atomic E-state index is 13.8. The molecule has 3 aliphatic rings. The van der Waals surface area contributed by atoms with Gasteiger partial charge in [-0.15, -0.1) is 0 Å². The number of hydrogen-bond donors (Lipinski definition) is 2. The molecule has 7 heterocycles. The average Bonchev–Trinajstić information content (AvgIpc) is 3.58. The molecule has 8 rings (SSSR count). The highest BCUT2D eigenvalue weighted by Gasteiger charge is 2.34. The molecule has 5 aromatic rings. The fraction of sp³-hybridized carbons (Fsp3) is 0.421. The highest BCUT2D eigenvalue weighted by molar-refractivity contribution is 5.73. The molecule has 0 unspecified atom stereocenters. The third-order valence-corrected chi connectivity index (χ3v) is 10.7. The number of aromatic nitrogens is 5. The summed E-state index contributed by atoms with van der Waals surface area (Å²) in [6.07, 6.45) is 11.7. The lowest BCUT2D eigenvalue weighted by atomic mass is 9.90. The van der Waals surface area contributed by atoms with Gasteiger partial charge in [-0.1, -0.05) is 20.8 Å². The number of rotatable bonds is 8. The Morgan fingerprint density at radius 2 is 1.88 bits per heavy atom. The molecule has 260 valence electrons. The van der Waals surface area contributed by atoms with Crippen molar-refractivity contribution in [2.45, 2.75) is 58.7 Å². The quantitative estimate of drug-likeness (QED) is 0.252. The van der Waals surface area contributed by atoms with E-state index >= 15 is 0 Å². The van der Waals surface area contributed by atoms with Gasteiger partial charge in [0.15, 0.2) is 0 Å². The number of nitrogens with zero attached hydrogens (tertiary/aromatic N) is 7. The molecule has 0 spiro atoms. The van der Waals surface area contributed by atoms with Gasteiger partial charge in [-0.2, -0.15) is 0 Å². The van der Waals surface area contributed by atoms with Crippen molar-refractivity contribution in [2.24, 2.45) is 12.5 Å². The Balaban J connectivity index is 1.07. The average molecular weight is 677 g/mol. The van der Waals surface area contributed by atoms with Crippen molar-refractivity contribution in [2.75, 3.05) is 43.1 Å². The Bertz CT molecular complexity index is 2200. The van der Waals surface area contributed by atoms with E-state index in [2.05, 4.69) is 46.9 Å². The molecular weight excluding hydrogens is 632 g/mol. The van der Waals surface area contributed by atoms with Gasteiger partial charge in [-0.05, 0) is 66.1 Å². The molecule has 2 aliphatic heterocycles. The van der Waals surface area contributed by atoms with E-state index in [-0.39, 0.29) is 23.1 Å². The molecule has 2 saturated heterocycles. The predicted octanol–water partition coefficient (Wildman–Crippen LogP) is 3.91. The third kappa shape index (κ3) is 5.61. The van der Waals surface area contributed by atoms with Crippen LogP contribution in [-0.4, -0.2) is 78.4 Å². The lowest BCUT2D eigenvalue weighted by molar-refractivity contribution is -0.0698. The Kier molecular flexibility index (Phi) is 8.12. The summed E-state index contributed by atoms with van der Waals surface area (Å²) in [6.45, 7) is 11.0. The molecule has 50 heavy (non-hydrogen) atoms. The third-order valence-electron chi connectivity index (χ3n) is 10.7. The zero-order chi connectivity index (χ0) is 34.7. The molecule has 0 aromatic carbocycles. The largest absolute Gasteiger partial charge is 0.392 e. The highest BCUT2D eigenvalue weighted by atomic mass is 16.5. The molecule has 5 aromatic heterocycles. The summed E-state index contributed by atoms with van der Waals surface area (Å²) in [5.74, 6) is 0.911. The van der Waals surface area contributed by atoms with Gasteiger partial charge >= 0.3 is 0 Å². The fourth-order valence-electron chi connectivity index (χ4n) is 7.99. The number of fused-ring (bicyclic) bond motifs is 3. The number of aliphatic hydroxyl groups is 1. The lowest BCUT2D eigenvalue weighted by Gasteiger charge is -2.47. The van der Waals surface area contributed by atoms with Gasteiger partial charge in [0.25, 0.3) is 11.1 Å². The molecule has 2 fully saturated rings. The smallest absolute Gasteiger partial charge is 0.280 e. The van der Waals surface area contributed by atoms with E-state index in [4.69, 9.17) is 9.72 Å². The number of piperazine rings is 1. The topological polar surface area (TPSA) is 122 Å². The van der Waals surface area contributed by atoms with Crippen LogP contribution in [0.5, 0.6) is 0 Å². The Hall–Kier alpha value is -4.78. The van der Waals surface area contributed by atoms with Crippen molar-refractivity contribution < 1.29 is 9.84 Å². The van der Waals surface area contributed by atoms with Crippen LogP contribution in [0.3, 0.4) is 0 Å². The summed E-state index contributed by atoms with van der Waals surface area (Å²) in [7, 11) is 1.69. The number of anilines is 3. The number of aryl methyl sites for hydroxylation is 1. The van der Waals surface area contributed by atoms with E-state index in [9.17, 15) is 14.7 Å². The molecule has 1 aliphatic carbocycles. The highest BCUT2D eigenvalue weighted by Crippen LogP contribution is 2.37. The van der Waals surface area contributed by atoms with Gasteiger partial charge in [-0.25, -0.2) is 9.97 Å². The Morgan fingerprint density at radius 3 is 2.60 bits per heavy atom. The van der Waals surface area contributed by atoms with Crippen LogP contribution in [0.15, 0.2) is 70.9 Å². The summed E-state index contributed by atoms with van der Waals surface area (Å²) in [6, 6.07) is 10.4. The Morgan fingerprint density at radius 1 is 1.04 bits per heavy atom. The summed E-state index contributed by atoms with van der Waals surface area (Å²) in [5, 5.41) is 13.9. The molecule has 1 atom stereocenters. The van der Waals surface area contributed by atoms with Gasteiger partial charge in [0.2, 0.25) is 0 Å². The van der Waals surface area contributed by atoms with Crippen LogP contribution < -0.4 is 21.3 Å². The van der Waals surface area contributed by atoms with Crippen LogP contribution in [-0.2, 0) is 31.2 Å². The van der Waals surface area contributed by atoms with Gasteiger partial charge < -0.3 is 29.0 Å². The predicted molar refractivity (Wildman–Crippen MR) is 194 cm³/mol. The van der Waals surface area contributed by atoms with E-state index in [1.54, 1.807) is 37.8 Å². The van der Waals surface area contributed by atoms with Crippen LogP contribution >= 0.6 is 0 Å². The minimum atomic E-state index is -0.349. The first-order chi connectivity index (χ1) is 24.1. The molecule has 0 amide bonds. The number of ether oxygens (including phenoxy) is 1. The first-order valence-electron chi connectivity index (χ1n) is 17.5. The second kappa shape index (κ2) is 12.5. The summed E-state index contributed by atoms with van der Waals surface area (Å²) < 4.78 is 10.4. The van der Waals surface area contributed by atoms with Crippen LogP contribution in [0, 0.1) is 5.41 Å². The minimum Gasteiger partial charge on any atom is -0.392 e. The van der Waals surface area contributed by atoms with Crippen molar-refractivity contribution in [1.82, 2.24) is 28.4 Å². The maximum absolute atomic E-state index is 13.8. The van der Waals surface area contributed by atoms with Gasteiger partial charge in [-0.3, -0.25) is 19.1 Å². The molecule has 0 saturated carbocycles. The normalized spacial score (nSPS) is 19.1. The summed E-state index contributed by atoms with van der Waals surface area (Å²) in [5.41, 5.74) is 5.98. The van der Waals surface area contributed by atoms with Crippen LogP contribution in [0.1, 0.15) is 44.0 Å². The molecule has 12 nitrogen and oxygen atoms in total. The number of pyridine rings is 3. The van der Waals surface area contributed by atoms with Gasteiger partial charge in [0.05, 0.1) is 37.7 Å². The second-order valence-electron chi connectivity index (χ2n) is 14.7. The molecule has 0 bridgehead atoms. The van der Waals surface area contributed by atoms with Crippen molar-refractivity contribution in [3.05, 3.63) is 98.8 Å². The van der Waals surface area contributed by atoms with E-state index in [1.807, 2.05) is 28.9 Å². The van der Waals surface area contributed by atoms with Crippen molar-refractivity contribution in [1.29, 1.82) is 0 Å². The molecular formula is C38H44N8O4. The lowest BCUT2D eigenvalue weighted by Crippen LogP contribution is -2.60. The van der Waals surface area contributed by atoms with Gasteiger partial charge in [0.1, 0.15) is 22.8 Å². The number of hydrogen-bond acceptors (Lipinski definition) is 9. The van der Waals surface area contributed by atoms with Crippen molar-refractivity contribution in [3.63, 3.8) is 0 Å². The van der Waals surface area contributed by atoms with Crippen molar-refractivity contribution >= 4 is 22.7 Å². The minimum absolute atomic E-state index is 0.170. The SMILES string of the molecule is CC[C@H]1CN(C2COC2)CCN1c1ccc(Nc2cc(-c3ccnc(-n4ccn5c6c(cc5c4=O)CC(C)(C)C6)c3CO)cn(C)c2=O)nc1. The Labute approximate surface area is 290 Å². The van der Waals surface area contributed by atoms with E-state index < -0.39 is 0 Å². The number of aliphatic hydroxyl groups excluding tert-OH is 1. The first kappa shape index (κ1) is 32.4. The van der Waals surface area contributed by atoms with Crippen molar-refractivity contribution in [3.8, 4) is 16.9 Å².